The first-order valence-electron chi connectivity index (χ1n) is 7.55. The van der Waals surface area contributed by atoms with Crippen LogP contribution in [0.1, 0.15) is 6.92 Å². The molecule has 0 unspecified atom stereocenters. The molecule has 0 atom stereocenters. The number of piperazine rings is 1. The van der Waals surface area contributed by atoms with Gasteiger partial charge in [0, 0.05) is 45.1 Å². The lowest BCUT2D eigenvalue weighted by Crippen LogP contribution is -2.53. The molecule has 11 heteroatoms. The van der Waals surface area contributed by atoms with Gasteiger partial charge >= 0.3 is 0 Å². The predicted molar refractivity (Wildman–Crippen MR) is 105 cm³/mol. The quantitative estimate of drug-likeness (QED) is 0.338. The van der Waals surface area contributed by atoms with Crippen LogP contribution in [0.3, 0.4) is 0 Å². The maximum atomic E-state index is 11.0. The molecule has 3 N–H and O–H groups in total. The third-order valence-electron chi connectivity index (χ3n) is 3.39. The second kappa shape index (κ2) is 9.93. The zero-order valence-corrected chi connectivity index (χ0v) is 16.8. The van der Waals surface area contributed by atoms with Crippen LogP contribution in [0.5, 0.6) is 0 Å². The van der Waals surface area contributed by atoms with Crippen molar-refractivity contribution in [2.24, 2.45) is 10.1 Å². The van der Waals surface area contributed by atoms with Gasteiger partial charge < -0.3 is 15.1 Å². The summed E-state index contributed by atoms with van der Waals surface area (Å²) in [4.78, 5) is 17.1. The fraction of sp³-hybridized carbons (Fsp3) is 0.615. The van der Waals surface area contributed by atoms with Crippen molar-refractivity contribution in [3.63, 3.8) is 0 Å². The lowest BCUT2D eigenvalue weighted by Gasteiger charge is -2.36. The van der Waals surface area contributed by atoms with Gasteiger partial charge in [0.1, 0.15) is 0 Å². The van der Waals surface area contributed by atoms with Crippen molar-refractivity contribution in [1.29, 1.82) is 0 Å². The van der Waals surface area contributed by atoms with Crippen molar-refractivity contribution in [3.8, 4) is 0 Å². The maximum Gasteiger partial charge on any atom is 0.225 e. The predicted octanol–water partition coefficient (Wildman–Crippen LogP) is -0.529. The standard InChI is InChI=1S/C13H23N7O2S.HI/c1-2-15-12(18-6-11-23(14,21)22)19-7-9-20(10-8-19)13-16-4-3-5-17-13;/h3-5H,2,6-11H2,1H3,(H,15,18)(H2,14,21,22);1H. The van der Waals surface area contributed by atoms with Crippen molar-refractivity contribution in [3.05, 3.63) is 18.5 Å². The van der Waals surface area contributed by atoms with Crippen molar-refractivity contribution in [2.75, 3.05) is 49.9 Å². The van der Waals surface area contributed by atoms with E-state index in [-0.39, 0.29) is 36.3 Å². The molecule has 2 heterocycles. The van der Waals surface area contributed by atoms with Gasteiger partial charge in [-0.3, -0.25) is 4.99 Å². The minimum atomic E-state index is -3.49. The van der Waals surface area contributed by atoms with Gasteiger partial charge in [-0.05, 0) is 13.0 Å². The number of primary sulfonamides is 1. The molecule has 0 radical (unpaired) electrons. The number of nitrogens with two attached hydrogens (primary N) is 1. The Hall–Kier alpha value is -1.21. The van der Waals surface area contributed by atoms with Gasteiger partial charge in [0.15, 0.2) is 5.96 Å². The summed E-state index contributed by atoms with van der Waals surface area (Å²) in [7, 11) is -3.49. The molecule has 0 amide bonds. The third-order valence-corrected chi connectivity index (χ3v) is 4.14. The first-order chi connectivity index (χ1) is 11.0. The van der Waals surface area contributed by atoms with Crippen LogP contribution in [0.4, 0.5) is 5.95 Å². The van der Waals surface area contributed by atoms with Gasteiger partial charge in [-0.25, -0.2) is 23.5 Å². The Morgan fingerprint density at radius 1 is 1.29 bits per heavy atom. The highest BCUT2D eigenvalue weighted by atomic mass is 127. The number of hydrogen-bond acceptors (Lipinski definition) is 6. The third kappa shape index (κ3) is 6.73. The van der Waals surface area contributed by atoms with Crippen LogP contribution in [-0.4, -0.2) is 74.3 Å². The fourth-order valence-electron chi connectivity index (χ4n) is 2.28. The lowest BCUT2D eigenvalue weighted by atomic mass is 10.3. The first kappa shape index (κ1) is 20.8. The number of nitrogens with zero attached hydrogens (tertiary/aromatic N) is 5. The molecule has 1 aliphatic rings. The SMILES string of the molecule is CCNC(=NCCS(N)(=O)=O)N1CCN(c2ncccn2)CC1.I. The molecule has 1 saturated heterocycles. The molecule has 0 spiro atoms. The van der Waals surface area contributed by atoms with Crippen LogP contribution in [0.2, 0.25) is 0 Å². The number of hydrogen-bond donors (Lipinski definition) is 2. The zero-order chi connectivity index (χ0) is 16.7. The van der Waals surface area contributed by atoms with Gasteiger partial charge in [-0.2, -0.15) is 0 Å². The molecule has 0 aromatic carbocycles. The molecule has 1 aromatic rings. The number of halogens is 1. The summed E-state index contributed by atoms with van der Waals surface area (Å²) in [6, 6.07) is 1.79. The first-order valence-corrected chi connectivity index (χ1v) is 9.27. The lowest BCUT2D eigenvalue weighted by molar-refractivity contribution is 0.370. The number of guanidine groups is 1. The minimum absolute atomic E-state index is 0. The van der Waals surface area contributed by atoms with E-state index in [1.807, 2.05) is 6.92 Å². The van der Waals surface area contributed by atoms with Crippen LogP contribution in [0.25, 0.3) is 0 Å². The van der Waals surface area contributed by atoms with Gasteiger partial charge in [0.05, 0.1) is 12.3 Å². The van der Waals surface area contributed by atoms with E-state index in [9.17, 15) is 8.42 Å². The van der Waals surface area contributed by atoms with Crippen molar-refractivity contribution >= 4 is 45.9 Å². The van der Waals surface area contributed by atoms with E-state index in [4.69, 9.17) is 5.14 Å². The molecular weight excluding hydrogens is 445 g/mol. The van der Waals surface area contributed by atoms with Crippen molar-refractivity contribution in [1.82, 2.24) is 20.2 Å². The molecule has 2 rings (SSSR count). The largest absolute Gasteiger partial charge is 0.357 e. The number of aliphatic imine (C=N–C) groups is 1. The highest BCUT2D eigenvalue weighted by Crippen LogP contribution is 2.09. The van der Waals surface area contributed by atoms with E-state index < -0.39 is 10.0 Å². The Bertz CT molecular complexity index is 618. The summed E-state index contributed by atoms with van der Waals surface area (Å²) in [6.07, 6.45) is 3.46. The summed E-state index contributed by atoms with van der Waals surface area (Å²) in [5, 5.41) is 8.19. The van der Waals surface area contributed by atoms with Crippen molar-refractivity contribution in [2.45, 2.75) is 6.92 Å². The Labute approximate surface area is 159 Å². The van der Waals surface area contributed by atoms with Crippen LogP contribution in [0, 0.1) is 0 Å². The topological polar surface area (TPSA) is 117 Å². The number of anilines is 1. The Morgan fingerprint density at radius 2 is 1.92 bits per heavy atom. The molecule has 0 bridgehead atoms. The summed E-state index contributed by atoms with van der Waals surface area (Å²) < 4.78 is 22.0. The number of aromatic nitrogens is 2. The van der Waals surface area contributed by atoms with Crippen molar-refractivity contribution < 1.29 is 8.42 Å². The average Bonchev–Trinajstić information content (AvgIpc) is 2.54. The van der Waals surface area contributed by atoms with Crippen LogP contribution < -0.4 is 15.4 Å². The van der Waals surface area contributed by atoms with Crippen LogP contribution in [-0.2, 0) is 10.0 Å². The van der Waals surface area contributed by atoms with Gasteiger partial charge in [0.25, 0.3) is 0 Å². The van der Waals surface area contributed by atoms with E-state index in [0.717, 1.165) is 38.7 Å². The summed E-state index contributed by atoms with van der Waals surface area (Å²) in [5.74, 6) is 1.28. The van der Waals surface area contributed by atoms with E-state index in [1.165, 1.54) is 0 Å². The average molecular weight is 469 g/mol. The number of rotatable bonds is 5. The molecule has 0 saturated carbocycles. The van der Waals surface area contributed by atoms with E-state index in [0.29, 0.717) is 5.96 Å². The molecule has 24 heavy (non-hydrogen) atoms. The normalized spacial score (nSPS) is 15.8. The molecule has 9 nitrogen and oxygen atoms in total. The Morgan fingerprint density at radius 3 is 2.46 bits per heavy atom. The minimum Gasteiger partial charge on any atom is -0.357 e. The van der Waals surface area contributed by atoms with Gasteiger partial charge in [-0.1, -0.05) is 0 Å². The van der Waals surface area contributed by atoms with E-state index in [2.05, 4.69) is 30.1 Å². The second-order valence-electron chi connectivity index (χ2n) is 5.13. The summed E-state index contributed by atoms with van der Waals surface area (Å²) in [5.41, 5.74) is 0. The van der Waals surface area contributed by atoms with Crippen LogP contribution >= 0.6 is 24.0 Å². The smallest absolute Gasteiger partial charge is 0.225 e. The molecular formula is C13H24IN7O2S. The molecule has 1 aromatic heterocycles. The zero-order valence-electron chi connectivity index (χ0n) is 13.6. The number of nitrogens with one attached hydrogen (secondary N) is 1. The second-order valence-corrected chi connectivity index (χ2v) is 6.86. The molecule has 136 valence electrons. The fourth-order valence-corrected chi connectivity index (χ4v) is 2.62. The van der Waals surface area contributed by atoms with Gasteiger partial charge in [-0.15, -0.1) is 24.0 Å². The summed E-state index contributed by atoms with van der Waals surface area (Å²) in [6.45, 7) is 5.94. The van der Waals surface area contributed by atoms with E-state index >= 15 is 0 Å². The Kier molecular flexibility index (Phi) is 8.62. The van der Waals surface area contributed by atoms with E-state index in [1.54, 1.807) is 18.5 Å². The summed E-state index contributed by atoms with van der Waals surface area (Å²) >= 11 is 0. The maximum absolute atomic E-state index is 11.0. The highest BCUT2D eigenvalue weighted by molar-refractivity contribution is 14.0. The molecule has 0 aliphatic carbocycles. The molecule has 1 aliphatic heterocycles. The molecule has 1 fully saturated rings. The van der Waals surface area contributed by atoms with Crippen LogP contribution in [0.15, 0.2) is 23.5 Å². The Balaban J connectivity index is 0.00000288. The number of sulfonamides is 1. The highest BCUT2D eigenvalue weighted by Gasteiger charge is 2.21. The monoisotopic (exact) mass is 469 g/mol. The van der Waals surface area contributed by atoms with Gasteiger partial charge in [0.2, 0.25) is 16.0 Å².